The van der Waals surface area contributed by atoms with Gasteiger partial charge in [-0.2, -0.15) is 0 Å². The highest BCUT2D eigenvalue weighted by atomic mass is 32.2. The van der Waals surface area contributed by atoms with Crippen molar-refractivity contribution in [3.63, 3.8) is 0 Å². The molecule has 4 heteroatoms. The first-order valence-electron chi connectivity index (χ1n) is 5.90. The quantitative estimate of drug-likeness (QED) is 0.577. The molecule has 2 rings (SSSR count). The molecule has 18 heavy (non-hydrogen) atoms. The first-order chi connectivity index (χ1) is 8.40. The van der Waals surface area contributed by atoms with Gasteiger partial charge in [0.1, 0.15) is 0 Å². The van der Waals surface area contributed by atoms with Crippen molar-refractivity contribution in [3.8, 4) is 0 Å². The number of fused-ring (bicyclic) bond motifs is 1. The molecule has 1 aliphatic heterocycles. The molecule has 0 bridgehead atoms. The summed E-state index contributed by atoms with van der Waals surface area (Å²) in [5, 5.41) is 0. The van der Waals surface area contributed by atoms with Gasteiger partial charge in [0.2, 0.25) is 0 Å². The molecule has 1 aromatic carbocycles. The van der Waals surface area contributed by atoms with Crippen LogP contribution >= 0.6 is 11.8 Å². The minimum Gasteiger partial charge on any atom is -0.390 e. The predicted octanol–water partition coefficient (Wildman–Crippen LogP) is 3.16. The Hall–Kier alpha value is -1.29. The lowest BCUT2D eigenvalue weighted by molar-refractivity contribution is -0.135. The molecule has 0 saturated heterocycles. The highest BCUT2D eigenvalue weighted by molar-refractivity contribution is 7.99. The molecule has 0 spiro atoms. The minimum atomic E-state index is -0.577. The second-order valence-electron chi connectivity index (χ2n) is 5.07. The number of thioether (sulfide) groups is 1. The van der Waals surface area contributed by atoms with Gasteiger partial charge in [0.25, 0.3) is 0 Å². The van der Waals surface area contributed by atoms with Gasteiger partial charge in [0, 0.05) is 11.8 Å². The van der Waals surface area contributed by atoms with Gasteiger partial charge in [0.15, 0.2) is 0 Å². The predicted molar refractivity (Wildman–Crippen MR) is 70.9 cm³/mol. The Bertz CT molecular complexity index is 506. The van der Waals surface area contributed by atoms with Crippen LogP contribution in [-0.2, 0) is 14.9 Å². The van der Waals surface area contributed by atoms with Crippen molar-refractivity contribution in [1.82, 2.24) is 0 Å². The van der Waals surface area contributed by atoms with Crippen molar-refractivity contribution in [3.05, 3.63) is 29.3 Å². The van der Waals surface area contributed by atoms with Gasteiger partial charge in [-0.05, 0) is 41.4 Å². The molecule has 0 aliphatic carbocycles. The van der Waals surface area contributed by atoms with Crippen molar-refractivity contribution in [2.75, 3.05) is 5.75 Å². The average molecular weight is 264 g/mol. The second-order valence-corrected chi connectivity index (χ2v) is 6.21. The Balaban J connectivity index is 2.37. The van der Waals surface area contributed by atoms with Crippen LogP contribution in [0.5, 0.6) is 0 Å². The van der Waals surface area contributed by atoms with Crippen molar-refractivity contribution >= 4 is 23.7 Å². The van der Waals surface area contributed by atoms with E-state index in [1.165, 1.54) is 11.8 Å². The lowest BCUT2D eigenvalue weighted by Crippen LogP contribution is -2.23. The number of ether oxygens (including phenoxy) is 1. The molecule has 0 radical (unpaired) electrons. The fourth-order valence-corrected chi connectivity index (χ4v) is 3.54. The number of rotatable bonds is 1. The van der Waals surface area contributed by atoms with E-state index in [4.69, 9.17) is 0 Å². The van der Waals surface area contributed by atoms with Crippen LogP contribution in [0.15, 0.2) is 23.1 Å². The lowest BCUT2D eigenvalue weighted by Gasteiger charge is -2.32. The normalized spacial score (nSPS) is 16.8. The maximum absolute atomic E-state index is 11.7. The largest absolute Gasteiger partial charge is 0.390 e. The smallest absolute Gasteiger partial charge is 0.345 e. The van der Waals surface area contributed by atoms with Crippen LogP contribution in [0.4, 0.5) is 0 Å². The molecule has 0 fully saturated rings. The number of hydrogen-bond donors (Lipinski definition) is 0. The molecule has 0 amide bonds. The number of benzene rings is 1. The third-order valence-electron chi connectivity index (χ3n) is 3.17. The molecule has 1 heterocycles. The van der Waals surface area contributed by atoms with Crippen molar-refractivity contribution in [2.24, 2.45) is 0 Å². The number of carbonyl (C=O) groups excluding carboxylic acids is 2. The van der Waals surface area contributed by atoms with E-state index in [2.05, 4.69) is 18.6 Å². The molecule has 0 saturated carbocycles. The van der Waals surface area contributed by atoms with Gasteiger partial charge >= 0.3 is 11.9 Å². The topological polar surface area (TPSA) is 43.4 Å². The summed E-state index contributed by atoms with van der Waals surface area (Å²) < 4.78 is 4.61. The summed E-state index contributed by atoms with van der Waals surface area (Å²) in [4.78, 5) is 23.7. The van der Waals surface area contributed by atoms with E-state index in [1.807, 2.05) is 12.1 Å². The standard InChI is InChI=1S/C14H16O3S/c1-9(15)17-13(16)10-4-5-12-11(8-10)14(2,3)6-7-18-12/h4-5,8H,6-7H2,1-3H3. The summed E-state index contributed by atoms with van der Waals surface area (Å²) >= 11 is 1.81. The summed E-state index contributed by atoms with van der Waals surface area (Å²) in [7, 11) is 0. The van der Waals surface area contributed by atoms with Gasteiger partial charge in [-0.1, -0.05) is 13.8 Å². The van der Waals surface area contributed by atoms with Crippen LogP contribution in [-0.4, -0.2) is 17.7 Å². The van der Waals surface area contributed by atoms with E-state index in [-0.39, 0.29) is 5.41 Å². The van der Waals surface area contributed by atoms with E-state index in [9.17, 15) is 9.59 Å². The SMILES string of the molecule is CC(=O)OC(=O)c1ccc2c(c1)C(C)(C)CCS2. The zero-order chi connectivity index (χ0) is 13.3. The first kappa shape index (κ1) is 13.1. The lowest BCUT2D eigenvalue weighted by atomic mass is 9.81. The highest BCUT2D eigenvalue weighted by Crippen LogP contribution is 2.41. The second kappa shape index (κ2) is 4.76. The van der Waals surface area contributed by atoms with E-state index >= 15 is 0 Å². The Morgan fingerprint density at radius 3 is 2.72 bits per heavy atom. The zero-order valence-corrected chi connectivity index (χ0v) is 11.6. The van der Waals surface area contributed by atoms with Crippen LogP contribution < -0.4 is 0 Å². The van der Waals surface area contributed by atoms with Crippen LogP contribution in [0.3, 0.4) is 0 Å². The number of carbonyl (C=O) groups is 2. The molecule has 96 valence electrons. The van der Waals surface area contributed by atoms with E-state index in [1.54, 1.807) is 17.8 Å². The van der Waals surface area contributed by atoms with Gasteiger partial charge < -0.3 is 4.74 Å². The maximum Gasteiger partial charge on any atom is 0.345 e. The van der Waals surface area contributed by atoms with Crippen molar-refractivity contribution < 1.29 is 14.3 Å². The van der Waals surface area contributed by atoms with E-state index in [0.29, 0.717) is 5.56 Å². The monoisotopic (exact) mass is 264 g/mol. The molecule has 0 N–H and O–H groups in total. The Labute approximate surface area is 111 Å². The third kappa shape index (κ3) is 2.58. The highest BCUT2D eigenvalue weighted by Gasteiger charge is 2.28. The molecule has 1 aliphatic rings. The molecule has 3 nitrogen and oxygen atoms in total. The average Bonchev–Trinajstić information content (AvgIpc) is 2.27. The van der Waals surface area contributed by atoms with Crippen LogP contribution in [0, 0.1) is 0 Å². The summed E-state index contributed by atoms with van der Waals surface area (Å²) in [5.41, 5.74) is 1.67. The van der Waals surface area contributed by atoms with Gasteiger partial charge in [-0.3, -0.25) is 4.79 Å². The Kier molecular flexibility index (Phi) is 3.48. The van der Waals surface area contributed by atoms with Crippen molar-refractivity contribution in [2.45, 2.75) is 37.5 Å². The van der Waals surface area contributed by atoms with Crippen molar-refractivity contribution in [1.29, 1.82) is 0 Å². The Morgan fingerprint density at radius 1 is 1.33 bits per heavy atom. The van der Waals surface area contributed by atoms with Crippen LogP contribution in [0.25, 0.3) is 0 Å². The maximum atomic E-state index is 11.7. The number of hydrogen-bond acceptors (Lipinski definition) is 4. The zero-order valence-electron chi connectivity index (χ0n) is 10.8. The molecule has 0 aromatic heterocycles. The minimum absolute atomic E-state index is 0.0626. The summed E-state index contributed by atoms with van der Waals surface area (Å²) in [6, 6.07) is 5.52. The fourth-order valence-electron chi connectivity index (χ4n) is 2.05. The van der Waals surface area contributed by atoms with E-state index in [0.717, 1.165) is 17.7 Å². The molecule has 0 atom stereocenters. The van der Waals surface area contributed by atoms with Crippen LogP contribution in [0.1, 0.15) is 43.1 Å². The summed E-state index contributed by atoms with van der Waals surface area (Å²) in [6.07, 6.45) is 1.08. The van der Waals surface area contributed by atoms with Crippen LogP contribution in [0.2, 0.25) is 0 Å². The summed E-state index contributed by atoms with van der Waals surface area (Å²) in [5.74, 6) is -0.0555. The molecule has 1 aromatic rings. The number of esters is 2. The molecule has 0 unspecified atom stereocenters. The first-order valence-corrected chi connectivity index (χ1v) is 6.89. The molecular weight excluding hydrogens is 248 g/mol. The third-order valence-corrected chi connectivity index (χ3v) is 4.24. The Morgan fingerprint density at radius 2 is 2.06 bits per heavy atom. The van der Waals surface area contributed by atoms with Gasteiger partial charge in [-0.25, -0.2) is 4.79 Å². The van der Waals surface area contributed by atoms with E-state index < -0.39 is 11.9 Å². The summed E-state index contributed by atoms with van der Waals surface area (Å²) in [6.45, 7) is 5.58. The van der Waals surface area contributed by atoms with Gasteiger partial charge in [-0.15, -0.1) is 11.8 Å². The fraction of sp³-hybridized carbons (Fsp3) is 0.429. The van der Waals surface area contributed by atoms with Gasteiger partial charge in [0.05, 0.1) is 5.56 Å². The molecular formula is C14H16O3S.